The summed E-state index contributed by atoms with van der Waals surface area (Å²) >= 11 is 0. The number of halogens is 1. The van der Waals surface area contributed by atoms with Crippen LogP contribution in [0.15, 0.2) is 52.3 Å². The Morgan fingerprint density at radius 2 is 1.73 bits per heavy atom. The monoisotopic (exact) mass is 374 g/mol. The molecular weight excluding hydrogens is 351 g/mol. The summed E-state index contributed by atoms with van der Waals surface area (Å²) in [4.78, 5) is 4.87. The van der Waals surface area contributed by atoms with Crippen LogP contribution in [0.1, 0.15) is 24.3 Å². The Morgan fingerprint density at radius 3 is 2.50 bits per heavy atom. The third kappa shape index (κ3) is 2.81. The molecule has 26 heavy (non-hydrogen) atoms. The molecule has 4 nitrogen and oxygen atoms in total. The molecule has 138 valence electrons. The van der Waals surface area contributed by atoms with E-state index in [9.17, 15) is 12.8 Å². The Kier molecular flexibility index (Phi) is 4.28. The van der Waals surface area contributed by atoms with E-state index in [1.807, 2.05) is 12.1 Å². The van der Waals surface area contributed by atoms with Gasteiger partial charge in [0.05, 0.1) is 9.79 Å². The van der Waals surface area contributed by atoms with E-state index in [0.717, 1.165) is 43.2 Å². The number of hydrogen-bond acceptors (Lipinski definition) is 4. The van der Waals surface area contributed by atoms with Gasteiger partial charge in [0, 0.05) is 24.7 Å². The summed E-state index contributed by atoms with van der Waals surface area (Å²) in [5.41, 5.74) is 2.22. The van der Waals surface area contributed by atoms with Gasteiger partial charge in [-0.05, 0) is 74.9 Å². The van der Waals surface area contributed by atoms with Gasteiger partial charge in [0.15, 0.2) is 0 Å². The summed E-state index contributed by atoms with van der Waals surface area (Å²) < 4.78 is 39.4. The fourth-order valence-corrected chi connectivity index (χ4v) is 5.64. The first-order valence-electron chi connectivity index (χ1n) is 8.94. The third-order valence-electron chi connectivity index (χ3n) is 5.79. The van der Waals surface area contributed by atoms with Crippen LogP contribution in [0.3, 0.4) is 0 Å². The zero-order chi connectivity index (χ0) is 18.5. The van der Waals surface area contributed by atoms with Crippen LogP contribution in [0.25, 0.3) is 0 Å². The van der Waals surface area contributed by atoms with Crippen molar-refractivity contribution >= 4 is 15.5 Å². The molecule has 0 unspecified atom stereocenters. The summed E-state index contributed by atoms with van der Waals surface area (Å²) in [6, 6.07) is 11.0. The van der Waals surface area contributed by atoms with Crippen molar-refractivity contribution in [1.29, 1.82) is 0 Å². The van der Waals surface area contributed by atoms with E-state index in [2.05, 4.69) is 23.9 Å². The van der Waals surface area contributed by atoms with E-state index < -0.39 is 15.7 Å². The predicted octanol–water partition coefficient (Wildman–Crippen LogP) is 3.29. The first kappa shape index (κ1) is 17.5. The third-order valence-corrected chi connectivity index (χ3v) is 7.53. The number of benzene rings is 2. The fraction of sp³-hybridized carbons (Fsp3) is 0.400. The van der Waals surface area contributed by atoms with Crippen LogP contribution in [0.2, 0.25) is 0 Å². The van der Waals surface area contributed by atoms with Gasteiger partial charge in [-0.15, -0.1) is 0 Å². The summed E-state index contributed by atoms with van der Waals surface area (Å²) in [6.45, 7) is 2.06. The minimum atomic E-state index is -3.73. The summed E-state index contributed by atoms with van der Waals surface area (Å²) in [6.07, 6.45) is 2.08. The number of rotatable bonds is 2. The average Bonchev–Trinajstić information content (AvgIpc) is 2.75. The number of fused-ring (bicyclic) bond motifs is 3. The normalized spacial score (nSPS) is 23.4. The lowest BCUT2D eigenvalue weighted by Gasteiger charge is -2.25. The van der Waals surface area contributed by atoms with Crippen LogP contribution in [-0.2, 0) is 9.84 Å². The highest BCUT2D eigenvalue weighted by molar-refractivity contribution is 7.91. The highest BCUT2D eigenvalue weighted by Crippen LogP contribution is 2.45. The van der Waals surface area contributed by atoms with Gasteiger partial charge in [-0.1, -0.05) is 6.07 Å². The highest BCUT2D eigenvalue weighted by Gasteiger charge is 2.38. The van der Waals surface area contributed by atoms with Crippen molar-refractivity contribution in [3.8, 4) is 0 Å². The summed E-state index contributed by atoms with van der Waals surface area (Å²) in [5, 5.41) is 0. The van der Waals surface area contributed by atoms with Crippen molar-refractivity contribution in [2.24, 2.45) is 0 Å². The van der Waals surface area contributed by atoms with E-state index >= 15 is 0 Å². The van der Waals surface area contributed by atoms with Crippen LogP contribution >= 0.6 is 0 Å². The molecule has 0 aromatic heterocycles. The lowest BCUT2D eigenvalue weighted by atomic mass is 9.91. The number of hydrogen-bond donors (Lipinski definition) is 0. The molecule has 2 aliphatic heterocycles. The van der Waals surface area contributed by atoms with Crippen molar-refractivity contribution < 1.29 is 12.8 Å². The van der Waals surface area contributed by atoms with Gasteiger partial charge in [-0.3, -0.25) is 0 Å². The van der Waals surface area contributed by atoms with Crippen molar-refractivity contribution in [2.45, 2.75) is 34.6 Å². The Labute approximate surface area is 154 Å². The number of nitrogens with zero attached hydrogens (tertiary/aromatic N) is 2. The average molecular weight is 374 g/mol. The second kappa shape index (κ2) is 6.35. The molecule has 0 N–H and O–H groups in total. The first-order valence-corrected chi connectivity index (χ1v) is 10.4. The molecule has 0 amide bonds. The largest absolute Gasteiger partial charge is 0.371 e. The van der Waals surface area contributed by atoms with Crippen LogP contribution in [0, 0.1) is 5.82 Å². The topological polar surface area (TPSA) is 40.6 Å². The van der Waals surface area contributed by atoms with Crippen molar-refractivity contribution in [1.82, 2.24) is 4.90 Å². The van der Waals surface area contributed by atoms with E-state index in [0.29, 0.717) is 12.0 Å². The van der Waals surface area contributed by atoms with Gasteiger partial charge in [0.2, 0.25) is 9.84 Å². The zero-order valence-corrected chi connectivity index (χ0v) is 15.8. The summed E-state index contributed by atoms with van der Waals surface area (Å²) in [5.74, 6) is -0.207. The predicted molar refractivity (Wildman–Crippen MR) is 100.0 cm³/mol. The molecule has 2 aromatic carbocycles. The van der Waals surface area contributed by atoms with Crippen LogP contribution in [0.5, 0.6) is 0 Å². The molecule has 4 rings (SSSR count). The molecule has 1 saturated heterocycles. The Morgan fingerprint density at radius 1 is 1.00 bits per heavy atom. The smallest absolute Gasteiger partial charge is 0.206 e. The molecule has 2 atom stereocenters. The van der Waals surface area contributed by atoms with Gasteiger partial charge in [0.25, 0.3) is 0 Å². The molecule has 0 bridgehead atoms. The van der Waals surface area contributed by atoms with Crippen molar-refractivity contribution in [3.05, 3.63) is 53.8 Å². The fourth-order valence-electron chi connectivity index (χ4n) is 4.31. The number of sulfone groups is 1. The SMILES string of the molecule is CN1CC[C@@H]2c3cc(S(=O)(=O)c4cccc(F)c4)ccc3N(C)[C@H]2CC1. The van der Waals surface area contributed by atoms with Gasteiger partial charge < -0.3 is 9.80 Å². The van der Waals surface area contributed by atoms with Crippen molar-refractivity contribution in [2.75, 3.05) is 32.1 Å². The van der Waals surface area contributed by atoms with Crippen LogP contribution in [-0.4, -0.2) is 46.5 Å². The number of likely N-dealkylation sites (tertiary alicyclic amines) is 1. The van der Waals surface area contributed by atoms with Crippen LogP contribution in [0.4, 0.5) is 10.1 Å². The Hall–Kier alpha value is -1.92. The van der Waals surface area contributed by atoms with Gasteiger partial charge >= 0.3 is 0 Å². The number of anilines is 1. The quantitative estimate of drug-likeness (QED) is 0.809. The van der Waals surface area contributed by atoms with E-state index in [1.165, 1.54) is 18.2 Å². The maximum Gasteiger partial charge on any atom is 0.206 e. The Bertz CT molecular complexity index is 945. The summed E-state index contributed by atoms with van der Waals surface area (Å²) in [7, 11) is 0.497. The molecular formula is C20H23FN2O2S. The van der Waals surface area contributed by atoms with Gasteiger partial charge in [0.1, 0.15) is 5.82 Å². The number of likely N-dealkylation sites (N-methyl/N-ethyl adjacent to an activating group) is 1. The highest BCUT2D eigenvalue weighted by atomic mass is 32.2. The van der Waals surface area contributed by atoms with Gasteiger partial charge in [-0.2, -0.15) is 0 Å². The minimum absolute atomic E-state index is 0.000881. The molecule has 0 aliphatic carbocycles. The molecule has 1 fully saturated rings. The zero-order valence-electron chi connectivity index (χ0n) is 15.0. The van der Waals surface area contributed by atoms with Gasteiger partial charge in [-0.25, -0.2) is 12.8 Å². The lowest BCUT2D eigenvalue weighted by Crippen LogP contribution is -2.31. The standard InChI is InChI=1S/C20H23FN2O2S/c1-22-10-8-17-18-13-16(6-7-19(18)23(2)20(17)9-11-22)26(24,25)15-5-3-4-14(21)12-15/h3-7,12-13,17,20H,8-11H2,1-2H3/t17-,20+/m1/s1. The van der Waals surface area contributed by atoms with Crippen LogP contribution < -0.4 is 4.90 Å². The molecule has 2 aromatic rings. The van der Waals surface area contributed by atoms with E-state index in [-0.39, 0.29) is 9.79 Å². The van der Waals surface area contributed by atoms with E-state index in [4.69, 9.17) is 0 Å². The maximum atomic E-state index is 13.5. The Balaban J connectivity index is 1.76. The molecule has 2 heterocycles. The molecule has 0 saturated carbocycles. The second-order valence-corrected chi connectivity index (χ2v) is 9.30. The molecule has 0 spiro atoms. The molecule has 0 radical (unpaired) electrons. The minimum Gasteiger partial charge on any atom is -0.371 e. The maximum absolute atomic E-state index is 13.5. The lowest BCUT2D eigenvalue weighted by molar-refractivity contribution is 0.345. The first-order chi connectivity index (χ1) is 12.4. The van der Waals surface area contributed by atoms with E-state index in [1.54, 1.807) is 6.07 Å². The molecule has 2 aliphatic rings. The molecule has 6 heteroatoms. The second-order valence-electron chi connectivity index (χ2n) is 7.35. The van der Waals surface area contributed by atoms with Crippen molar-refractivity contribution in [3.63, 3.8) is 0 Å².